The Labute approximate surface area is 110 Å². The van der Waals surface area contributed by atoms with Crippen LogP contribution in [0.2, 0.25) is 5.02 Å². The maximum atomic E-state index is 12.3. The van der Waals surface area contributed by atoms with Gasteiger partial charge in [0.25, 0.3) is 0 Å². The van der Waals surface area contributed by atoms with Crippen LogP contribution in [-0.2, 0) is 10.0 Å². The van der Waals surface area contributed by atoms with Gasteiger partial charge in [0.1, 0.15) is 4.90 Å². The summed E-state index contributed by atoms with van der Waals surface area (Å²) in [5.74, 6) is -1.18. The van der Waals surface area contributed by atoms with E-state index in [1.165, 1.54) is 23.5 Å². The summed E-state index contributed by atoms with van der Waals surface area (Å²) in [5, 5.41) is 8.91. The van der Waals surface area contributed by atoms with Crippen molar-refractivity contribution in [3.63, 3.8) is 0 Å². The fraction of sp³-hybridized carbons (Fsp3) is 0.364. The monoisotopic (exact) mass is 289 g/mol. The molecule has 5 nitrogen and oxygen atoms in total. The van der Waals surface area contributed by atoms with E-state index in [9.17, 15) is 13.2 Å². The fourth-order valence-corrected chi connectivity index (χ4v) is 3.54. The van der Waals surface area contributed by atoms with Crippen molar-refractivity contribution in [1.29, 1.82) is 0 Å². The molecule has 0 saturated heterocycles. The maximum absolute atomic E-state index is 12.3. The standard InChI is InChI=1S/C11H12ClNO4S/c1-13(8-3-4-8)18(16,17)10-6-7(11(14)15)2-5-9(10)12/h2,5-6,8H,3-4H2,1H3,(H,14,15). The average molecular weight is 290 g/mol. The summed E-state index contributed by atoms with van der Waals surface area (Å²) in [4.78, 5) is 10.7. The summed E-state index contributed by atoms with van der Waals surface area (Å²) in [6, 6.07) is 3.66. The molecular weight excluding hydrogens is 278 g/mol. The first kappa shape index (κ1) is 13.3. The quantitative estimate of drug-likeness (QED) is 0.917. The Morgan fingerprint density at radius 1 is 1.44 bits per heavy atom. The highest BCUT2D eigenvalue weighted by molar-refractivity contribution is 7.89. The highest BCUT2D eigenvalue weighted by atomic mass is 35.5. The van der Waals surface area contributed by atoms with Gasteiger partial charge in [0.2, 0.25) is 10.0 Å². The van der Waals surface area contributed by atoms with Crippen LogP contribution in [0.5, 0.6) is 0 Å². The van der Waals surface area contributed by atoms with Gasteiger partial charge in [0.15, 0.2) is 0 Å². The van der Waals surface area contributed by atoms with Crippen LogP contribution in [0.25, 0.3) is 0 Å². The number of nitrogens with zero attached hydrogens (tertiary/aromatic N) is 1. The van der Waals surface area contributed by atoms with Gasteiger partial charge in [-0.2, -0.15) is 4.31 Å². The van der Waals surface area contributed by atoms with Crippen LogP contribution in [0.3, 0.4) is 0 Å². The number of carboxylic acids is 1. The van der Waals surface area contributed by atoms with E-state index < -0.39 is 16.0 Å². The highest BCUT2D eigenvalue weighted by Crippen LogP contribution is 2.33. The lowest BCUT2D eigenvalue weighted by atomic mass is 10.2. The Balaban J connectivity index is 2.48. The first-order chi connectivity index (χ1) is 8.34. The number of carbonyl (C=O) groups is 1. The van der Waals surface area contributed by atoms with Crippen LogP contribution >= 0.6 is 11.6 Å². The molecular formula is C11H12ClNO4S. The molecule has 0 radical (unpaired) electrons. The number of sulfonamides is 1. The third-order valence-corrected chi connectivity index (χ3v) is 5.29. The van der Waals surface area contributed by atoms with Gasteiger partial charge in [-0.1, -0.05) is 11.6 Å². The number of carboxylic acid groups (broad SMARTS) is 1. The van der Waals surface area contributed by atoms with E-state index in [0.29, 0.717) is 0 Å². The minimum Gasteiger partial charge on any atom is -0.478 e. The molecule has 0 amide bonds. The smallest absolute Gasteiger partial charge is 0.335 e. The van der Waals surface area contributed by atoms with Crippen molar-refractivity contribution in [2.24, 2.45) is 0 Å². The van der Waals surface area contributed by atoms with E-state index in [2.05, 4.69) is 0 Å². The molecule has 2 rings (SSSR count). The molecule has 18 heavy (non-hydrogen) atoms. The van der Waals surface area contributed by atoms with E-state index in [-0.39, 0.29) is 21.5 Å². The zero-order valence-electron chi connectivity index (χ0n) is 9.63. The van der Waals surface area contributed by atoms with Crippen LogP contribution in [0, 0.1) is 0 Å². The predicted octanol–water partition coefficient (Wildman–Crippen LogP) is 1.82. The minimum atomic E-state index is -3.72. The van der Waals surface area contributed by atoms with Crippen molar-refractivity contribution >= 4 is 27.6 Å². The molecule has 0 aromatic heterocycles. The summed E-state index contributed by atoms with van der Waals surface area (Å²) < 4.78 is 25.8. The van der Waals surface area contributed by atoms with Crippen LogP contribution < -0.4 is 0 Å². The fourth-order valence-electron chi connectivity index (χ4n) is 1.62. The van der Waals surface area contributed by atoms with Crippen molar-refractivity contribution < 1.29 is 18.3 Å². The summed E-state index contributed by atoms with van der Waals surface area (Å²) >= 11 is 5.86. The van der Waals surface area contributed by atoms with Crippen LogP contribution in [0.15, 0.2) is 23.1 Å². The van der Waals surface area contributed by atoms with Gasteiger partial charge in [0, 0.05) is 13.1 Å². The Kier molecular flexibility index (Phi) is 3.35. The third-order valence-electron chi connectivity index (χ3n) is 2.90. The molecule has 0 bridgehead atoms. The number of hydrogen-bond donors (Lipinski definition) is 1. The topological polar surface area (TPSA) is 74.7 Å². The number of hydrogen-bond acceptors (Lipinski definition) is 3. The second-order valence-corrected chi connectivity index (χ2v) is 6.58. The van der Waals surface area contributed by atoms with E-state index in [1.807, 2.05) is 0 Å². The lowest BCUT2D eigenvalue weighted by Gasteiger charge is -2.17. The maximum Gasteiger partial charge on any atom is 0.335 e. The molecule has 0 unspecified atom stereocenters. The summed E-state index contributed by atoms with van der Waals surface area (Å²) in [6.07, 6.45) is 1.65. The molecule has 0 atom stereocenters. The minimum absolute atomic E-state index is 0.000416. The van der Waals surface area contributed by atoms with Gasteiger partial charge < -0.3 is 5.11 Å². The van der Waals surface area contributed by atoms with Crippen molar-refractivity contribution in [2.45, 2.75) is 23.8 Å². The molecule has 1 saturated carbocycles. The van der Waals surface area contributed by atoms with Crippen molar-refractivity contribution in [2.75, 3.05) is 7.05 Å². The largest absolute Gasteiger partial charge is 0.478 e. The highest BCUT2D eigenvalue weighted by Gasteiger charge is 2.36. The lowest BCUT2D eigenvalue weighted by molar-refractivity contribution is 0.0696. The van der Waals surface area contributed by atoms with Gasteiger partial charge in [-0.15, -0.1) is 0 Å². The molecule has 1 N–H and O–H groups in total. The first-order valence-electron chi connectivity index (χ1n) is 5.35. The molecule has 1 aliphatic carbocycles. The zero-order valence-corrected chi connectivity index (χ0v) is 11.2. The van der Waals surface area contributed by atoms with E-state index in [1.54, 1.807) is 0 Å². The van der Waals surface area contributed by atoms with Crippen LogP contribution in [-0.4, -0.2) is 36.9 Å². The molecule has 1 aliphatic rings. The molecule has 7 heteroatoms. The van der Waals surface area contributed by atoms with Crippen molar-refractivity contribution in [3.8, 4) is 0 Å². The summed E-state index contributed by atoms with van der Waals surface area (Å²) in [6.45, 7) is 0. The third kappa shape index (κ3) is 2.36. The SMILES string of the molecule is CN(C1CC1)S(=O)(=O)c1cc(C(=O)O)ccc1Cl. The summed E-state index contributed by atoms with van der Waals surface area (Å²) in [7, 11) is -2.24. The molecule has 0 spiro atoms. The van der Waals surface area contributed by atoms with Gasteiger partial charge in [0.05, 0.1) is 10.6 Å². The molecule has 1 aromatic carbocycles. The summed E-state index contributed by atoms with van der Waals surface area (Å²) in [5.41, 5.74) is -0.0952. The lowest BCUT2D eigenvalue weighted by Crippen LogP contribution is -2.29. The van der Waals surface area contributed by atoms with E-state index in [0.717, 1.165) is 18.9 Å². The van der Waals surface area contributed by atoms with Gasteiger partial charge in [-0.05, 0) is 31.0 Å². The van der Waals surface area contributed by atoms with Gasteiger partial charge in [-0.25, -0.2) is 13.2 Å². The Morgan fingerprint density at radius 2 is 2.06 bits per heavy atom. The van der Waals surface area contributed by atoms with E-state index in [4.69, 9.17) is 16.7 Å². The molecule has 1 aromatic rings. The van der Waals surface area contributed by atoms with Crippen LogP contribution in [0.4, 0.5) is 0 Å². The average Bonchev–Trinajstić information content (AvgIpc) is 3.11. The predicted molar refractivity (Wildman–Crippen MR) is 66.4 cm³/mol. The first-order valence-corrected chi connectivity index (χ1v) is 7.16. The van der Waals surface area contributed by atoms with Gasteiger partial charge in [-0.3, -0.25) is 0 Å². The number of halogens is 1. The number of benzene rings is 1. The number of aromatic carboxylic acids is 1. The Hall–Kier alpha value is -1.11. The van der Waals surface area contributed by atoms with Crippen LogP contribution in [0.1, 0.15) is 23.2 Å². The molecule has 98 valence electrons. The molecule has 0 heterocycles. The second-order valence-electron chi connectivity index (χ2n) is 4.20. The van der Waals surface area contributed by atoms with Crippen molar-refractivity contribution in [1.82, 2.24) is 4.31 Å². The normalized spacial score (nSPS) is 15.9. The Morgan fingerprint density at radius 3 is 2.56 bits per heavy atom. The Bertz CT molecular complexity index is 595. The molecule has 0 aliphatic heterocycles. The zero-order chi connectivity index (χ0) is 13.5. The number of rotatable bonds is 4. The van der Waals surface area contributed by atoms with Crippen molar-refractivity contribution in [3.05, 3.63) is 28.8 Å². The second kappa shape index (κ2) is 4.53. The molecule has 1 fully saturated rings. The van der Waals surface area contributed by atoms with Gasteiger partial charge >= 0.3 is 5.97 Å². The van der Waals surface area contributed by atoms with E-state index >= 15 is 0 Å².